The third kappa shape index (κ3) is 5.83. The van der Waals surface area contributed by atoms with Gasteiger partial charge in [-0.25, -0.2) is 33.4 Å². The van der Waals surface area contributed by atoms with Crippen LogP contribution in [0.1, 0.15) is 40.8 Å². The number of benzene rings is 4. The van der Waals surface area contributed by atoms with Gasteiger partial charge in [0.2, 0.25) is 11.8 Å². The zero-order valence-corrected chi connectivity index (χ0v) is 34.3. The number of halogens is 1. The Morgan fingerprint density at radius 2 is 1.67 bits per heavy atom. The predicted octanol–water partition coefficient (Wildman–Crippen LogP) is 5.20. The van der Waals surface area contributed by atoms with E-state index >= 15 is 9.59 Å². The monoisotopic (exact) mass is 840 g/mol. The molecule has 2 aliphatic heterocycles. The van der Waals surface area contributed by atoms with Gasteiger partial charge in [-0.2, -0.15) is 0 Å². The molecule has 0 radical (unpaired) electrons. The van der Waals surface area contributed by atoms with Gasteiger partial charge in [-0.15, -0.1) is 6.58 Å². The first-order valence-corrected chi connectivity index (χ1v) is 20.2. The Morgan fingerprint density at radius 1 is 0.934 bits per heavy atom. The molecule has 0 spiro atoms. The SMILES string of the molecule is C=CCc1cccc(C2C3=CCn4c(=O)n(CCc5nc6cc(OC)c(OC)cc6n(C)c5=O)c(=O)n4C3CC3C(=O)N(c4cccc(Cl)c4)C(=O)C32c2ccccc2)c1O. The van der Waals surface area contributed by atoms with Crippen molar-refractivity contribution in [3.63, 3.8) is 0 Å². The Kier molecular flexibility index (Phi) is 9.69. The van der Waals surface area contributed by atoms with Gasteiger partial charge in [-0.1, -0.05) is 78.4 Å². The molecule has 15 heteroatoms. The van der Waals surface area contributed by atoms with Crippen molar-refractivity contribution >= 4 is 40.1 Å². The van der Waals surface area contributed by atoms with E-state index in [9.17, 15) is 19.5 Å². The van der Waals surface area contributed by atoms with Crippen LogP contribution in [0.25, 0.3) is 11.0 Å². The minimum absolute atomic E-state index is 0.0204. The number of phenols is 1. The molecular weight excluding hydrogens is 800 g/mol. The number of amides is 2. The van der Waals surface area contributed by atoms with Gasteiger partial charge in [0, 0.05) is 48.6 Å². The average molecular weight is 841 g/mol. The highest BCUT2D eigenvalue weighted by Gasteiger charge is 2.69. The maximum absolute atomic E-state index is 15.5. The van der Waals surface area contributed by atoms with E-state index in [1.807, 2.05) is 24.3 Å². The molecule has 4 atom stereocenters. The maximum atomic E-state index is 15.5. The van der Waals surface area contributed by atoms with Gasteiger partial charge in [-0.05, 0) is 47.7 Å². The van der Waals surface area contributed by atoms with Gasteiger partial charge in [0.05, 0.1) is 54.9 Å². The lowest BCUT2D eigenvalue weighted by Crippen LogP contribution is -2.53. The number of ether oxygens (including phenoxy) is 2. The number of carbonyl (C=O) groups excluding carboxylic acids is 2. The van der Waals surface area contributed by atoms with Crippen molar-refractivity contribution in [3.8, 4) is 17.2 Å². The van der Waals surface area contributed by atoms with Crippen LogP contribution in [0.3, 0.4) is 0 Å². The molecular formula is C46H41ClN6O8. The first-order valence-electron chi connectivity index (χ1n) is 19.8. The number of hydrogen-bond acceptors (Lipinski definition) is 9. The van der Waals surface area contributed by atoms with Crippen LogP contribution < -0.4 is 31.3 Å². The average Bonchev–Trinajstić information content (AvgIpc) is 3.65. The lowest BCUT2D eigenvalue weighted by Gasteiger charge is -2.49. The van der Waals surface area contributed by atoms with E-state index < -0.39 is 52.0 Å². The second kappa shape index (κ2) is 15.0. The third-order valence-electron chi connectivity index (χ3n) is 12.6. The molecule has 14 nitrogen and oxygen atoms in total. The Bertz CT molecular complexity index is 3040. The number of phenolic OH excluding ortho intramolecular Hbond substituents is 1. The van der Waals surface area contributed by atoms with E-state index in [1.54, 1.807) is 79.9 Å². The molecule has 1 saturated carbocycles. The number of imide groups is 1. The summed E-state index contributed by atoms with van der Waals surface area (Å²) < 4.78 is 16.1. The second-order valence-corrected chi connectivity index (χ2v) is 15.9. The molecule has 1 N–H and O–H groups in total. The maximum Gasteiger partial charge on any atom is 0.347 e. The lowest BCUT2D eigenvalue weighted by molar-refractivity contribution is -0.124. The summed E-state index contributed by atoms with van der Waals surface area (Å²) in [5.74, 6) is -2.23. The number of fused-ring (bicyclic) bond motifs is 5. The molecule has 2 fully saturated rings. The number of aryl methyl sites for hydroxylation is 2. The Morgan fingerprint density at radius 3 is 2.39 bits per heavy atom. The fourth-order valence-corrected chi connectivity index (χ4v) is 10.0. The fourth-order valence-electron chi connectivity index (χ4n) is 9.84. The topological polar surface area (TPSA) is 160 Å². The second-order valence-electron chi connectivity index (χ2n) is 15.5. The summed E-state index contributed by atoms with van der Waals surface area (Å²) >= 11 is 6.43. The molecule has 4 heterocycles. The highest BCUT2D eigenvalue weighted by Crippen LogP contribution is 2.63. The number of methoxy groups -OCH3 is 2. The number of carbonyl (C=O) groups is 2. The summed E-state index contributed by atoms with van der Waals surface area (Å²) in [4.78, 5) is 78.9. The minimum atomic E-state index is -1.59. The molecule has 2 amide bonds. The summed E-state index contributed by atoms with van der Waals surface area (Å²) in [6, 6.07) is 23.3. The summed E-state index contributed by atoms with van der Waals surface area (Å²) in [5, 5.41) is 12.4. The molecule has 6 aromatic rings. The summed E-state index contributed by atoms with van der Waals surface area (Å²) in [6.07, 6.45) is 3.77. The molecule has 1 aliphatic carbocycles. The standard InChI is InChI=1S/C46H41ClN6O8/c1-5-11-26-12-9-17-31(40(26)54)39-30-18-21-51-44(58)50(20-19-33-42(56)49(2)36-25-38(61-4)37(60-3)24-34(36)48-33)45(59)53(51)35(30)23-32-41(55)52(29-16-10-15-28(47)22-29)43(57)46(32,39)27-13-7-6-8-14-27/h5-10,12-18,22,24-25,32,35,39,54H,1,11,19-21,23H2,2-4H3. The molecule has 4 unspecified atom stereocenters. The van der Waals surface area contributed by atoms with E-state index in [4.69, 9.17) is 21.1 Å². The number of aromatic hydroxyl groups is 1. The number of hydrogen-bond donors (Lipinski definition) is 1. The lowest BCUT2D eigenvalue weighted by atomic mass is 9.53. The number of aromatic nitrogens is 5. The Hall–Kier alpha value is -6.93. The number of nitrogens with zero attached hydrogens (tertiary/aromatic N) is 6. The van der Waals surface area contributed by atoms with Crippen molar-refractivity contribution in [1.29, 1.82) is 0 Å². The molecule has 3 aliphatic rings. The molecule has 310 valence electrons. The van der Waals surface area contributed by atoms with Crippen molar-refractivity contribution < 1.29 is 24.2 Å². The Labute approximate surface area is 353 Å². The van der Waals surface area contributed by atoms with Crippen molar-refractivity contribution in [1.82, 2.24) is 23.5 Å². The minimum Gasteiger partial charge on any atom is -0.507 e. The molecule has 61 heavy (non-hydrogen) atoms. The van der Waals surface area contributed by atoms with Crippen molar-refractivity contribution in [2.75, 3.05) is 19.1 Å². The number of para-hydroxylation sites is 1. The fraction of sp³-hybridized carbons (Fsp3) is 0.261. The highest BCUT2D eigenvalue weighted by atomic mass is 35.5. The predicted molar refractivity (Wildman–Crippen MR) is 229 cm³/mol. The van der Waals surface area contributed by atoms with E-state index in [-0.39, 0.29) is 37.4 Å². The van der Waals surface area contributed by atoms with Crippen molar-refractivity contribution in [3.05, 3.63) is 168 Å². The first kappa shape index (κ1) is 39.5. The van der Waals surface area contributed by atoms with E-state index in [0.717, 1.165) is 4.57 Å². The smallest absolute Gasteiger partial charge is 0.347 e. The van der Waals surface area contributed by atoms with Crippen LogP contribution in [0, 0.1) is 5.92 Å². The van der Waals surface area contributed by atoms with Gasteiger partial charge in [0.15, 0.2) is 11.5 Å². The van der Waals surface area contributed by atoms with Crippen LogP contribution in [0.4, 0.5) is 5.69 Å². The molecule has 9 rings (SSSR count). The zero-order valence-electron chi connectivity index (χ0n) is 33.6. The first-order chi connectivity index (χ1) is 29.5. The van der Waals surface area contributed by atoms with Crippen LogP contribution in [0.5, 0.6) is 17.2 Å². The van der Waals surface area contributed by atoms with Gasteiger partial charge in [0.1, 0.15) is 11.4 Å². The van der Waals surface area contributed by atoms with E-state index in [2.05, 4.69) is 11.6 Å². The van der Waals surface area contributed by atoms with Crippen LogP contribution in [0.2, 0.25) is 5.02 Å². The molecule has 2 aromatic heterocycles. The van der Waals surface area contributed by atoms with E-state index in [1.165, 1.54) is 33.1 Å². The number of anilines is 1. The van der Waals surface area contributed by atoms with Crippen molar-refractivity contribution in [2.24, 2.45) is 13.0 Å². The summed E-state index contributed by atoms with van der Waals surface area (Å²) in [6.45, 7) is 3.66. The highest BCUT2D eigenvalue weighted by molar-refractivity contribution is 6.32. The zero-order chi connectivity index (χ0) is 42.9. The summed E-state index contributed by atoms with van der Waals surface area (Å²) in [5.41, 5.74) is 0.289. The number of allylic oxidation sites excluding steroid dienone is 3. The van der Waals surface area contributed by atoms with Crippen LogP contribution >= 0.6 is 11.6 Å². The quantitative estimate of drug-likeness (QED) is 0.145. The van der Waals surface area contributed by atoms with Gasteiger partial charge in [-0.3, -0.25) is 14.4 Å². The van der Waals surface area contributed by atoms with E-state index in [0.29, 0.717) is 61.9 Å². The largest absolute Gasteiger partial charge is 0.507 e. The van der Waals surface area contributed by atoms with Gasteiger partial charge in [0.25, 0.3) is 5.56 Å². The molecule has 4 aromatic carbocycles. The van der Waals surface area contributed by atoms with Gasteiger partial charge < -0.3 is 19.1 Å². The van der Waals surface area contributed by atoms with Crippen molar-refractivity contribution in [2.45, 2.75) is 49.7 Å². The Balaban J connectivity index is 1.20. The van der Waals surface area contributed by atoms with Crippen LogP contribution in [0.15, 0.2) is 124 Å². The van der Waals surface area contributed by atoms with Crippen LogP contribution in [-0.4, -0.2) is 54.6 Å². The molecule has 1 saturated heterocycles. The van der Waals surface area contributed by atoms with Crippen LogP contribution in [-0.2, 0) is 48.0 Å². The normalized spacial score (nSPS) is 20.6. The molecule has 0 bridgehead atoms. The third-order valence-corrected chi connectivity index (χ3v) is 12.8. The number of rotatable bonds is 10. The summed E-state index contributed by atoms with van der Waals surface area (Å²) in [7, 11) is 4.60. The van der Waals surface area contributed by atoms with Gasteiger partial charge >= 0.3 is 11.4 Å².